The second-order valence-corrected chi connectivity index (χ2v) is 7.79. The molecule has 1 nitrogen and oxygen atoms in total. The van der Waals surface area contributed by atoms with Crippen LogP contribution in [0.25, 0.3) is 11.1 Å². The van der Waals surface area contributed by atoms with Gasteiger partial charge in [0.2, 0.25) is 0 Å². The quantitative estimate of drug-likeness (QED) is 0.453. The number of allylic oxidation sites excluding steroid dienone is 1. The number of unbranched alkanes of at least 4 members (excludes halogenated alkanes) is 2. The van der Waals surface area contributed by atoms with Crippen LogP contribution in [0.5, 0.6) is 0 Å². The molecule has 0 heterocycles. The smallest absolute Gasteiger partial charge is 0.141 e. The summed E-state index contributed by atoms with van der Waals surface area (Å²) in [4.78, 5) is 0. The van der Waals surface area contributed by atoms with E-state index in [2.05, 4.69) is 24.3 Å². The summed E-state index contributed by atoms with van der Waals surface area (Å²) in [6.07, 6.45) is 11.6. The summed E-state index contributed by atoms with van der Waals surface area (Å²) in [6, 6.07) is 15.1. The lowest BCUT2D eigenvalue weighted by atomic mass is 9.77. The van der Waals surface area contributed by atoms with E-state index >= 15 is 0 Å². The molecule has 0 spiro atoms. The summed E-state index contributed by atoms with van der Waals surface area (Å²) in [6.45, 7) is 0. The molecule has 0 amide bonds. The highest BCUT2D eigenvalue weighted by molar-refractivity contribution is 5.64. The molecule has 0 saturated heterocycles. The lowest BCUT2D eigenvalue weighted by molar-refractivity contribution is 0.303. The van der Waals surface area contributed by atoms with E-state index in [1.807, 2.05) is 6.07 Å². The first-order chi connectivity index (χ1) is 13.7. The zero-order chi connectivity index (χ0) is 19.8. The van der Waals surface area contributed by atoms with Gasteiger partial charge in [0, 0.05) is 0 Å². The minimum atomic E-state index is -0.469. The number of halogens is 2. The van der Waals surface area contributed by atoms with Crippen molar-refractivity contribution in [2.45, 2.75) is 57.3 Å². The van der Waals surface area contributed by atoms with Gasteiger partial charge in [-0.1, -0.05) is 49.2 Å². The van der Waals surface area contributed by atoms with E-state index in [4.69, 9.17) is 5.26 Å². The maximum absolute atomic E-state index is 13.9. The standard InChI is InChI=1S/C25H27F2N/c26-16-4-2-1-3-5-19-6-8-20(9-7-19)21-10-12-22(13-11-21)23-14-15-24(18-28)25(27)17-23/h4,10-17,19-20H,1-3,5-9H2/b16-4+. The van der Waals surface area contributed by atoms with Crippen molar-refractivity contribution in [2.24, 2.45) is 5.92 Å². The number of hydrogen-bond acceptors (Lipinski definition) is 1. The number of rotatable bonds is 7. The van der Waals surface area contributed by atoms with E-state index in [0.717, 1.165) is 29.9 Å². The third kappa shape index (κ3) is 5.29. The Morgan fingerprint density at radius 1 is 0.964 bits per heavy atom. The van der Waals surface area contributed by atoms with E-state index in [9.17, 15) is 8.78 Å². The Balaban J connectivity index is 1.52. The number of nitrogens with zero attached hydrogens (tertiary/aromatic N) is 1. The Morgan fingerprint density at radius 3 is 2.32 bits per heavy atom. The fourth-order valence-corrected chi connectivity index (χ4v) is 4.28. The molecule has 1 fully saturated rings. The van der Waals surface area contributed by atoms with Gasteiger partial charge in [-0.2, -0.15) is 5.26 Å². The van der Waals surface area contributed by atoms with E-state index in [1.165, 1.54) is 56.2 Å². The first-order valence-electron chi connectivity index (χ1n) is 10.3. The van der Waals surface area contributed by atoms with Crippen LogP contribution >= 0.6 is 0 Å². The summed E-state index contributed by atoms with van der Waals surface area (Å²) in [5.41, 5.74) is 3.22. The fourth-order valence-electron chi connectivity index (χ4n) is 4.28. The molecule has 0 unspecified atom stereocenters. The normalized spacial score (nSPS) is 19.6. The van der Waals surface area contributed by atoms with E-state index in [0.29, 0.717) is 12.2 Å². The average molecular weight is 379 g/mol. The van der Waals surface area contributed by atoms with Gasteiger partial charge in [-0.15, -0.1) is 0 Å². The summed E-state index contributed by atoms with van der Waals surface area (Å²) in [5, 5.41) is 8.85. The third-order valence-electron chi connectivity index (χ3n) is 5.97. The van der Waals surface area contributed by atoms with Crippen LogP contribution in [0.1, 0.15) is 68.4 Å². The Hall–Kier alpha value is -2.47. The van der Waals surface area contributed by atoms with Gasteiger partial charge >= 0.3 is 0 Å². The first-order valence-corrected chi connectivity index (χ1v) is 10.3. The van der Waals surface area contributed by atoms with Crippen LogP contribution in [0.2, 0.25) is 0 Å². The van der Waals surface area contributed by atoms with Gasteiger partial charge in [0.25, 0.3) is 0 Å². The molecule has 0 atom stereocenters. The molecule has 3 heteroatoms. The Kier molecular flexibility index (Phi) is 7.37. The molecule has 0 bridgehead atoms. The van der Waals surface area contributed by atoms with Crippen molar-refractivity contribution >= 4 is 0 Å². The van der Waals surface area contributed by atoms with Crippen LogP contribution in [0.15, 0.2) is 54.9 Å². The predicted molar refractivity (Wildman–Crippen MR) is 110 cm³/mol. The number of nitriles is 1. The highest BCUT2D eigenvalue weighted by atomic mass is 19.1. The predicted octanol–water partition coefficient (Wildman–Crippen LogP) is 7.68. The van der Waals surface area contributed by atoms with Crippen molar-refractivity contribution in [1.29, 1.82) is 5.26 Å². The Morgan fingerprint density at radius 2 is 1.68 bits per heavy atom. The van der Waals surface area contributed by atoms with Crippen molar-refractivity contribution in [2.75, 3.05) is 0 Å². The summed E-state index contributed by atoms with van der Waals surface area (Å²) in [7, 11) is 0. The van der Waals surface area contributed by atoms with Gasteiger partial charge < -0.3 is 0 Å². The van der Waals surface area contributed by atoms with Gasteiger partial charge in [0.1, 0.15) is 11.9 Å². The van der Waals surface area contributed by atoms with Gasteiger partial charge in [0.15, 0.2) is 0 Å². The molecule has 0 aliphatic heterocycles. The molecule has 1 saturated carbocycles. The van der Waals surface area contributed by atoms with Crippen LogP contribution in [0.3, 0.4) is 0 Å². The Bertz CT molecular complexity index is 825. The molecule has 2 aromatic carbocycles. The van der Waals surface area contributed by atoms with E-state index < -0.39 is 5.82 Å². The third-order valence-corrected chi connectivity index (χ3v) is 5.97. The topological polar surface area (TPSA) is 23.8 Å². The molecule has 1 aliphatic carbocycles. The van der Waals surface area contributed by atoms with Crippen molar-refractivity contribution in [1.82, 2.24) is 0 Å². The molecule has 2 aromatic rings. The lowest BCUT2D eigenvalue weighted by Crippen LogP contribution is -2.13. The SMILES string of the molecule is N#Cc1ccc(-c2ccc(C3CCC(CCCC/C=C/F)CC3)cc2)cc1F. The second-order valence-electron chi connectivity index (χ2n) is 7.79. The van der Waals surface area contributed by atoms with Crippen LogP contribution in [-0.4, -0.2) is 0 Å². The summed E-state index contributed by atoms with van der Waals surface area (Å²) < 4.78 is 25.8. The lowest BCUT2D eigenvalue weighted by Gasteiger charge is -2.29. The molecule has 146 valence electrons. The zero-order valence-corrected chi connectivity index (χ0v) is 16.2. The maximum atomic E-state index is 13.9. The van der Waals surface area contributed by atoms with E-state index in [1.54, 1.807) is 12.1 Å². The van der Waals surface area contributed by atoms with Crippen LogP contribution < -0.4 is 0 Å². The van der Waals surface area contributed by atoms with Crippen LogP contribution in [0.4, 0.5) is 8.78 Å². The van der Waals surface area contributed by atoms with Gasteiger partial charge in [-0.3, -0.25) is 0 Å². The van der Waals surface area contributed by atoms with Crippen molar-refractivity contribution in [3.05, 3.63) is 71.8 Å². The minimum absolute atomic E-state index is 0.0796. The van der Waals surface area contributed by atoms with Crippen molar-refractivity contribution in [3.63, 3.8) is 0 Å². The van der Waals surface area contributed by atoms with Crippen LogP contribution in [-0.2, 0) is 0 Å². The summed E-state index contributed by atoms with van der Waals surface area (Å²) >= 11 is 0. The van der Waals surface area contributed by atoms with Crippen molar-refractivity contribution in [3.8, 4) is 17.2 Å². The first kappa shape index (κ1) is 20.3. The number of hydrogen-bond donors (Lipinski definition) is 0. The molecule has 3 rings (SSSR count). The van der Waals surface area contributed by atoms with E-state index in [-0.39, 0.29) is 5.56 Å². The Labute approximate surface area is 166 Å². The van der Waals surface area contributed by atoms with Gasteiger partial charge in [-0.25, -0.2) is 8.78 Å². The molecule has 28 heavy (non-hydrogen) atoms. The van der Waals surface area contributed by atoms with Gasteiger partial charge in [0.05, 0.1) is 11.9 Å². The highest BCUT2D eigenvalue weighted by Gasteiger charge is 2.22. The highest BCUT2D eigenvalue weighted by Crippen LogP contribution is 2.38. The molecular formula is C25H27F2N. The van der Waals surface area contributed by atoms with Crippen LogP contribution in [0, 0.1) is 23.1 Å². The second kappa shape index (κ2) is 10.2. The molecule has 0 N–H and O–H groups in total. The largest absolute Gasteiger partial charge is 0.216 e. The van der Waals surface area contributed by atoms with Crippen molar-refractivity contribution < 1.29 is 8.78 Å². The molecule has 0 aromatic heterocycles. The average Bonchev–Trinajstić information content (AvgIpc) is 2.74. The monoisotopic (exact) mass is 379 g/mol. The maximum Gasteiger partial charge on any atom is 0.141 e. The zero-order valence-electron chi connectivity index (χ0n) is 16.2. The molecule has 1 aliphatic rings. The minimum Gasteiger partial charge on any atom is -0.216 e. The fraction of sp³-hybridized carbons (Fsp3) is 0.400. The molecule has 0 radical (unpaired) electrons. The summed E-state index contributed by atoms with van der Waals surface area (Å²) in [5.74, 6) is 0.951. The number of benzene rings is 2. The van der Waals surface area contributed by atoms with Gasteiger partial charge in [-0.05, 0) is 79.2 Å². The molecular weight excluding hydrogens is 352 g/mol.